The van der Waals surface area contributed by atoms with E-state index in [1.807, 2.05) is 31.3 Å². The molecule has 0 amide bonds. The highest BCUT2D eigenvalue weighted by Gasteiger charge is 2.10. The summed E-state index contributed by atoms with van der Waals surface area (Å²) in [5, 5.41) is 3.21. The van der Waals surface area contributed by atoms with Crippen LogP contribution in [0.3, 0.4) is 0 Å². The second-order valence-corrected chi connectivity index (χ2v) is 5.25. The lowest BCUT2D eigenvalue weighted by Crippen LogP contribution is -2.37. The topological polar surface area (TPSA) is 63.8 Å². The van der Waals surface area contributed by atoms with Crippen LogP contribution >= 0.6 is 11.3 Å². The summed E-state index contributed by atoms with van der Waals surface area (Å²) in [6, 6.07) is 6.23. The molecule has 2 aromatic rings. The second kappa shape index (κ2) is 6.58. The van der Waals surface area contributed by atoms with Crippen molar-refractivity contribution in [2.24, 2.45) is 5.84 Å². The summed E-state index contributed by atoms with van der Waals surface area (Å²) in [6.07, 6.45) is 4.60. The maximum absolute atomic E-state index is 5.60. The van der Waals surface area contributed by atoms with Crippen molar-refractivity contribution in [1.82, 2.24) is 15.4 Å². The molecule has 0 radical (unpaired) electrons. The van der Waals surface area contributed by atoms with Crippen molar-refractivity contribution in [3.8, 4) is 0 Å². The summed E-state index contributed by atoms with van der Waals surface area (Å²) in [7, 11) is 0. The van der Waals surface area contributed by atoms with Crippen molar-refractivity contribution >= 4 is 11.3 Å². The van der Waals surface area contributed by atoms with Crippen LogP contribution in [-0.4, -0.2) is 16.0 Å². The van der Waals surface area contributed by atoms with Gasteiger partial charge in [0, 0.05) is 35.4 Å². The predicted octanol–water partition coefficient (Wildman–Crippen LogP) is 1.85. The molecule has 4 nitrogen and oxygen atoms in total. The lowest BCUT2D eigenvalue weighted by atomic mass is 10.1. The maximum atomic E-state index is 5.60. The average Bonchev–Trinajstić information content (AvgIpc) is 2.81. The summed E-state index contributed by atoms with van der Waals surface area (Å²) >= 11 is 1.69. The number of hydrogen-bond donors (Lipinski definition) is 2. The van der Waals surface area contributed by atoms with E-state index >= 15 is 0 Å². The van der Waals surface area contributed by atoms with E-state index < -0.39 is 0 Å². The molecule has 3 N–H and O–H groups in total. The summed E-state index contributed by atoms with van der Waals surface area (Å²) in [5.74, 6) is 5.60. The predicted molar refractivity (Wildman–Crippen MR) is 74.2 cm³/mol. The molecule has 96 valence electrons. The van der Waals surface area contributed by atoms with Crippen molar-refractivity contribution in [2.45, 2.75) is 32.2 Å². The van der Waals surface area contributed by atoms with Crippen molar-refractivity contribution in [3.63, 3.8) is 0 Å². The van der Waals surface area contributed by atoms with Gasteiger partial charge in [-0.2, -0.15) is 0 Å². The van der Waals surface area contributed by atoms with Gasteiger partial charge in [-0.25, -0.2) is 4.98 Å². The zero-order valence-corrected chi connectivity index (χ0v) is 11.3. The molecule has 0 aliphatic carbocycles. The van der Waals surface area contributed by atoms with Crippen LogP contribution < -0.4 is 11.3 Å². The minimum Gasteiger partial charge on any atom is -0.271 e. The molecule has 0 aliphatic rings. The van der Waals surface area contributed by atoms with E-state index in [2.05, 4.69) is 20.8 Å². The number of nitrogens with zero attached hydrogens (tertiary/aromatic N) is 2. The fourth-order valence-corrected chi connectivity index (χ4v) is 2.67. The fourth-order valence-electron chi connectivity index (χ4n) is 1.82. The van der Waals surface area contributed by atoms with E-state index in [9.17, 15) is 0 Å². The number of hydrazine groups is 1. The number of hydrogen-bond acceptors (Lipinski definition) is 5. The minimum absolute atomic E-state index is 0.248. The molecule has 0 aromatic carbocycles. The lowest BCUT2D eigenvalue weighted by molar-refractivity contribution is 0.488. The smallest absolute Gasteiger partial charge is 0.0944 e. The third kappa shape index (κ3) is 3.87. The minimum atomic E-state index is 0.248. The van der Waals surface area contributed by atoms with Crippen molar-refractivity contribution in [1.29, 1.82) is 0 Å². The SMILES string of the molecule is Cc1csc(CC(CCc2ccccn2)NN)n1. The van der Waals surface area contributed by atoms with Crippen molar-refractivity contribution in [2.75, 3.05) is 0 Å². The molecule has 2 rings (SSSR count). The van der Waals surface area contributed by atoms with Crippen LogP contribution in [0.4, 0.5) is 0 Å². The molecule has 0 saturated heterocycles. The first-order chi connectivity index (χ1) is 8.78. The Morgan fingerprint density at radius 2 is 2.33 bits per heavy atom. The van der Waals surface area contributed by atoms with Crippen molar-refractivity contribution < 1.29 is 0 Å². The van der Waals surface area contributed by atoms with E-state index in [0.29, 0.717) is 0 Å². The Kier molecular flexibility index (Phi) is 4.81. The van der Waals surface area contributed by atoms with Gasteiger partial charge in [0.15, 0.2) is 0 Å². The highest BCUT2D eigenvalue weighted by molar-refractivity contribution is 7.09. The standard InChI is InChI=1S/C13H18N4S/c1-10-9-18-13(16-10)8-12(17-14)6-5-11-4-2-3-7-15-11/h2-4,7,9,12,17H,5-6,8,14H2,1H3. The summed E-state index contributed by atoms with van der Waals surface area (Å²) < 4.78 is 0. The third-order valence-electron chi connectivity index (χ3n) is 2.80. The molecule has 5 heteroatoms. The molecule has 0 fully saturated rings. The van der Waals surface area contributed by atoms with Crippen LogP contribution in [0.2, 0.25) is 0 Å². The number of nitrogens with two attached hydrogens (primary N) is 1. The van der Waals surface area contributed by atoms with Crippen LogP contribution in [0.5, 0.6) is 0 Å². The summed E-state index contributed by atoms with van der Waals surface area (Å²) in [6.45, 7) is 2.01. The van der Waals surface area contributed by atoms with E-state index in [1.165, 1.54) is 0 Å². The zero-order valence-electron chi connectivity index (χ0n) is 10.5. The number of nitrogens with one attached hydrogen (secondary N) is 1. The van der Waals surface area contributed by atoms with Gasteiger partial charge in [0.05, 0.1) is 5.01 Å². The first kappa shape index (κ1) is 13.1. The second-order valence-electron chi connectivity index (χ2n) is 4.31. The maximum Gasteiger partial charge on any atom is 0.0944 e. The summed E-state index contributed by atoms with van der Waals surface area (Å²) in [4.78, 5) is 8.78. The molecule has 0 bridgehead atoms. The lowest BCUT2D eigenvalue weighted by Gasteiger charge is -2.13. The van der Waals surface area contributed by atoms with Gasteiger partial charge in [-0.15, -0.1) is 11.3 Å². The Morgan fingerprint density at radius 3 is 2.94 bits per heavy atom. The Bertz CT molecular complexity index is 469. The monoisotopic (exact) mass is 262 g/mol. The Labute approximate surface area is 111 Å². The van der Waals surface area contributed by atoms with Crippen LogP contribution in [0.15, 0.2) is 29.8 Å². The average molecular weight is 262 g/mol. The molecule has 0 saturated carbocycles. The fraction of sp³-hybridized carbons (Fsp3) is 0.385. The quantitative estimate of drug-likeness (QED) is 0.616. The van der Waals surface area contributed by atoms with Gasteiger partial charge in [-0.05, 0) is 31.9 Å². The van der Waals surface area contributed by atoms with Gasteiger partial charge in [0.2, 0.25) is 0 Å². The van der Waals surface area contributed by atoms with Crippen LogP contribution in [-0.2, 0) is 12.8 Å². The van der Waals surface area contributed by atoms with Crippen molar-refractivity contribution in [3.05, 3.63) is 46.2 Å². The molecular weight excluding hydrogens is 244 g/mol. The molecule has 1 atom stereocenters. The first-order valence-corrected chi connectivity index (χ1v) is 6.93. The van der Waals surface area contributed by atoms with Gasteiger partial charge < -0.3 is 0 Å². The Hall–Kier alpha value is -1.30. The highest BCUT2D eigenvalue weighted by Crippen LogP contribution is 2.13. The normalized spacial score (nSPS) is 12.6. The number of pyridine rings is 1. The zero-order chi connectivity index (χ0) is 12.8. The summed E-state index contributed by atoms with van der Waals surface area (Å²) in [5.41, 5.74) is 5.05. The number of aromatic nitrogens is 2. The van der Waals surface area contributed by atoms with Crippen LogP contribution in [0.25, 0.3) is 0 Å². The molecular formula is C13H18N4S. The van der Waals surface area contributed by atoms with Crippen LogP contribution in [0, 0.1) is 6.92 Å². The van der Waals surface area contributed by atoms with Gasteiger partial charge >= 0.3 is 0 Å². The van der Waals surface area contributed by atoms with E-state index in [4.69, 9.17) is 5.84 Å². The Morgan fingerprint density at radius 1 is 1.44 bits per heavy atom. The molecule has 2 aromatic heterocycles. The molecule has 18 heavy (non-hydrogen) atoms. The van der Waals surface area contributed by atoms with Gasteiger partial charge in [-0.1, -0.05) is 6.07 Å². The van der Waals surface area contributed by atoms with Gasteiger partial charge in [0.25, 0.3) is 0 Å². The van der Waals surface area contributed by atoms with Crippen LogP contribution in [0.1, 0.15) is 22.8 Å². The number of aryl methyl sites for hydroxylation is 2. The van der Waals surface area contributed by atoms with E-state index in [0.717, 1.165) is 35.7 Å². The molecule has 0 aliphatic heterocycles. The first-order valence-electron chi connectivity index (χ1n) is 6.05. The third-order valence-corrected chi connectivity index (χ3v) is 3.79. The van der Waals surface area contributed by atoms with Gasteiger partial charge in [-0.3, -0.25) is 16.3 Å². The largest absolute Gasteiger partial charge is 0.271 e. The Balaban J connectivity index is 1.86. The van der Waals surface area contributed by atoms with E-state index in [-0.39, 0.29) is 6.04 Å². The number of thiazole rings is 1. The van der Waals surface area contributed by atoms with Gasteiger partial charge in [0.1, 0.15) is 0 Å². The molecule has 2 heterocycles. The highest BCUT2D eigenvalue weighted by atomic mass is 32.1. The number of rotatable bonds is 6. The van der Waals surface area contributed by atoms with E-state index in [1.54, 1.807) is 11.3 Å². The molecule has 1 unspecified atom stereocenters. The molecule has 0 spiro atoms.